The number of hydrogen-bond acceptors (Lipinski definition) is 6. The van der Waals surface area contributed by atoms with Gasteiger partial charge in [-0.3, -0.25) is 4.79 Å². The number of hydrogen-bond donors (Lipinski definition) is 1. The van der Waals surface area contributed by atoms with E-state index in [1.165, 1.54) is 16.9 Å². The average molecular weight is 318 g/mol. The topological polar surface area (TPSA) is 67.4 Å². The molecule has 1 aliphatic rings. The van der Waals surface area contributed by atoms with Crippen molar-refractivity contribution in [1.82, 2.24) is 15.5 Å². The molecular formula is C15H18N4O2S. The van der Waals surface area contributed by atoms with E-state index < -0.39 is 0 Å². The summed E-state index contributed by atoms with van der Waals surface area (Å²) < 4.78 is 5.36. The predicted molar refractivity (Wildman–Crippen MR) is 85.3 cm³/mol. The highest BCUT2D eigenvalue weighted by Crippen LogP contribution is 2.34. The highest BCUT2D eigenvalue weighted by atomic mass is 32.1. The van der Waals surface area contributed by atoms with Crippen LogP contribution in [0.5, 0.6) is 5.19 Å². The van der Waals surface area contributed by atoms with E-state index in [1.807, 2.05) is 25.1 Å². The lowest BCUT2D eigenvalue weighted by Crippen LogP contribution is -2.43. The molecule has 1 amide bonds. The lowest BCUT2D eigenvalue weighted by molar-refractivity contribution is -0.121. The van der Waals surface area contributed by atoms with Crippen LogP contribution in [0.2, 0.25) is 0 Å². The van der Waals surface area contributed by atoms with Crippen molar-refractivity contribution in [2.75, 3.05) is 18.6 Å². The summed E-state index contributed by atoms with van der Waals surface area (Å²) in [5.41, 5.74) is 2.27. The van der Waals surface area contributed by atoms with Crippen molar-refractivity contribution in [3.05, 3.63) is 34.8 Å². The minimum Gasteiger partial charge on any atom is -0.469 e. The van der Waals surface area contributed by atoms with Gasteiger partial charge in [-0.1, -0.05) is 34.6 Å². The van der Waals surface area contributed by atoms with Crippen molar-refractivity contribution in [2.45, 2.75) is 25.9 Å². The zero-order valence-electron chi connectivity index (χ0n) is 12.6. The number of ether oxygens (including phenoxy) is 1. The van der Waals surface area contributed by atoms with Crippen molar-refractivity contribution in [3.8, 4) is 5.19 Å². The number of fused-ring (bicyclic) bond motifs is 1. The van der Waals surface area contributed by atoms with E-state index >= 15 is 0 Å². The van der Waals surface area contributed by atoms with Gasteiger partial charge < -0.3 is 15.0 Å². The van der Waals surface area contributed by atoms with E-state index in [9.17, 15) is 4.79 Å². The monoisotopic (exact) mass is 318 g/mol. The molecule has 1 N–H and O–H groups in total. The van der Waals surface area contributed by atoms with Crippen LogP contribution in [0.3, 0.4) is 0 Å². The van der Waals surface area contributed by atoms with Gasteiger partial charge in [0.1, 0.15) is 11.0 Å². The number of carbonyl (C=O) groups is 1. The molecule has 1 aromatic carbocycles. The molecule has 116 valence electrons. The number of amides is 1. The Labute approximate surface area is 133 Å². The van der Waals surface area contributed by atoms with Gasteiger partial charge in [0.05, 0.1) is 13.2 Å². The summed E-state index contributed by atoms with van der Waals surface area (Å²) in [6.07, 6.45) is 0.715. The third kappa shape index (κ3) is 2.76. The Kier molecular flexibility index (Phi) is 4.24. The molecule has 1 atom stereocenters. The average Bonchev–Trinajstić information content (AvgIpc) is 3.13. The third-order valence-electron chi connectivity index (χ3n) is 3.66. The Morgan fingerprint density at radius 3 is 3.05 bits per heavy atom. The number of nitrogens with zero attached hydrogens (tertiary/aromatic N) is 3. The van der Waals surface area contributed by atoms with Crippen molar-refractivity contribution in [1.29, 1.82) is 0 Å². The Morgan fingerprint density at radius 2 is 2.27 bits per heavy atom. The zero-order valence-corrected chi connectivity index (χ0v) is 13.4. The second-order valence-electron chi connectivity index (χ2n) is 4.99. The summed E-state index contributed by atoms with van der Waals surface area (Å²) >= 11 is 1.42. The van der Waals surface area contributed by atoms with E-state index in [2.05, 4.69) is 26.5 Å². The van der Waals surface area contributed by atoms with Crippen LogP contribution in [0.4, 0.5) is 5.69 Å². The number of nitrogens with one attached hydrogen (secondary N) is 1. The zero-order chi connectivity index (χ0) is 15.5. The molecule has 0 saturated carbocycles. The Hall–Kier alpha value is -2.15. The highest BCUT2D eigenvalue weighted by molar-refractivity contribution is 7.13. The molecule has 0 bridgehead atoms. The van der Waals surface area contributed by atoms with Crippen LogP contribution < -0.4 is 15.0 Å². The van der Waals surface area contributed by atoms with E-state index in [1.54, 1.807) is 7.05 Å². The number of anilines is 1. The molecule has 22 heavy (non-hydrogen) atoms. The Morgan fingerprint density at radius 1 is 1.45 bits per heavy atom. The van der Waals surface area contributed by atoms with Crippen LogP contribution >= 0.6 is 11.3 Å². The first-order valence-electron chi connectivity index (χ1n) is 7.24. The summed E-state index contributed by atoms with van der Waals surface area (Å²) in [7, 11) is 1.67. The van der Waals surface area contributed by atoms with Gasteiger partial charge in [-0.25, -0.2) is 0 Å². The second kappa shape index (κ2) is 6.31. The SMILES string of the molecule is CCOc1nnc(CN2c3ccccc3CC2C(=O)NC)s1. The number of likely N-dealkylation sites (N-methyl/N-ethyl adjacent to an activating group) is 1. The van der Waals surface area contributed by atoms with Crippen molar-refractivity contribution in [2.24, 2.45) is 0 Å². The van der Waals surface area contributed by atoms with Gasteiger partial charge in [0.15, 0.2) is 0 Å². The molecule has 2 heterocycles. The minimum absolute atomic E-state index is 0.0192. The Balaban J connectivity index is 1.85. The number of para-hydroxylation sites is 1. The van der Waals surface area contributed by atoms with Crippen LogP contribution in [0.25, 0.3) is 0 Å². The maximum atomic E-state index is 12.2. The van der Waals surface area contributed by atoms with Crippen molar-refractivity contribution < 1.29 is 9.53 Å². The normalized spacial score (nSPS) is 16.5. The van der Waals surface area contributed by atoms with E-state index in [4.69, 9.17) is 4.74 Å². The molecule has 3 rings (SSSR count). The van der Waals surface area contributed by atoms with Crippen molar-refractivity contribution in [3.63, 3.8) is 0 Å². The number of benzene rings is 1. The fourth-order valence-corrected chi connectivity index (χ4v) is 3.42. The number of carbonyl (C=O) groups excluding carboxylic acids is 1. The summed E-state index contributed by atoms with van der Waals surface area (Å²) in [6.45, 7) is 3.04. The smallest absolute Gasteiger partial charge is 0.294 e. The first-order valence-corrected chi connectivity index (χ1v) is 8.06. The molecule has 0 aliphatic carbocycles. The van der Waals surface area contributed by atoms with E-state index in [-0.39, 0.29) is 11.9 Å². The van der Waals surface area contributed by atoms with E-state index in [0.717, 1.165) is 10.7 Å². The van der Waals surface area contributed by atoms with Crippen LogP contribution in [0.1, 0.15) is 17.5 Å². The molecule has 0 fully saturated rings. The molecule has 0 saturated heterocycles. The molecule has 2 aromatic rings. The van der Waals surface area contributed by atoms with Gasteiger partial charge in [-0.15, -0.1) is 5.10 Å². The van der Waals surface area contributed by atoms with Gasteiger partial charge in [-0.05, 0) is 18.6 Å². The van der Waals surface area contributed by atoms with Crippen LogP contribution in [0.15, 0.2) is 24.3 Å². The lowest BCUT2D eigenvalue weighted by atomic mass is 10.1. The quantitative estimate of drug-likeness (QED) is 0.907. The van der Waals surface area contributed by atoms with Gasteiger partial charge >= 0.3 is 0 Å². The van der Waals surface area contributed by atoms with Crippen molar-refractivity contribution >= 4 is 22.9 Å². The molecule has 7 heteroatoms. The fraction of sp³-hybridized carbons (Fsp3) is 0.400. The Bertz CT molecular complexity index is 673. The summed E-state index contributed by atoms with van der Waals surface area (Å²) in [4.78, 5) is 14.3. The maximum absolute atomic E-state index is 12.2. The standard InChI is InChI=1S/C15H18N4O2S/c1-3-21-15-18-17-13(22-15)9-19-11-7-5-4-6-10(11)8-12(19)14(20)16-2/h4-7,12H,3,8-9H2,1-2H3,(H,16,20). The predicted octanol–water partition coefficient (Wildman–Crippen LogP) is 1.61. The first-order chi connectivity index (χ1) is 10.7. The molecule has 1 aliphatic heterocycles. The number of aromatic nitrogens is 2. The van der Waals surface area contributed by atoms with E-state index in [0.29, 0.717) is 24.8 Å². The molecule has 0 radical (unpaired) electrons. The molecule has 6 nitrogen and oxygen atoms in total. The van der Waals surface area contributed by atoms with Gasteiger partial charge in [-0.2, -0.15) is 0 Å². The molecule has 1 aromatic heterocycles. The molecular weight excluding hydrogens is 300 g/mol. The van der Waals surface area contributed by atoms with Gasteiger partial charge in [0.2, 0.25) is 5.91 Å². The highest BCUT2D eigenvalue weighted by Gasteiger charge is 2.34. The molecule has 0 spiro atoms. The largest absolute Gasteiger partial charge is 0.469 e. The molecule has 1 unspecified atom stereocenters. The maximum Gasteiger partial charge on any atom is 0.294 e. The van der Waals surface area contributed by atoms with Crippen LogP contribution in [-0.2, 0) is 17.8 Å². The second-order valence-corrected chi connectivity index (χ2v) is 6.01. The third-order valence-corrected chi connectivity index (χ3v) is 4.48. The number of rotatable bonds is 5. The van der Waals surface area contributed by atoms with Gasteiger partial charge in [0.25, 0.3) is 5.19 Å². The summed E-state index contributed by atoms with van der Waals surface area (Å²) in [5.74, 6) is 0.0192. The summed E-state index contributed by atoms with van der Waals surface area (Å²) in [6, 6.07) is 7.90. The lowest BCUT2D eigenvalue weighted by Gasteiger charge is -2.25. The summed E-state index contributed by atoms with van der Waals surface area (Å²) in [5, 5.41) is 12.3. The van der Waals surface area contributed by atoms with Gasteiger partial charge in [0, 0.05) is 19.2 Å². The first kappa shape index (κ1) is 14.8. The van der Waals surface area contributed by atoms with Crippen LogP contribution in [-0.4, -0.2) is 35.8 Å². The minimum atomic E-state index is -0.207. The van der Waals surface area contributed by atoms with Crippen LogP contribution in [0, 0.1) is 0 Å². The fourth-order valence-electron chi connectivity index (χ4n) is 2.68.